The standard InChI is InChI=1S/C24H38FN5O2/c1-26-23(28-19-24(12-18-32-2)10-3-4-11-24)27-13-9-22(31)30-16-14-29(15-17-30)21-7-5-20(25)6-8-21/h5-8H,3-4,9-19H2,1-2H3,(H2,26,27,28). The number of nitrogens with one attached hydrogen (secondary N) is 2. The normalized spacial score (nSPS) is 18.7. The van der Waals surface area contributed by atoms with Crippen LogP contribution in [0, 0.1) is 11.2 Å². The first-order valence-electron chi connectivity index (χ1n) is 11.8. The Morgan fingerprint density at radius 2 is 1.81 bits per heavy atom. The molecule has 1 aromatic carbocycles. The molecule has 1 amide bonds. The summed E-state index contributed by atoms with van der Waals surface area (Å²) in [6, 6.07) is 6.54. The molecule has 0 radical (unpaired) electrons. The van der Waals surface area contributed by atoms with Crippen LogP contribution in [0.15, 0.2) is 29.3 Å². The van der Waals surface area contributed by atoms with Gasteiger partial charge in [0.1, 0.15) is 5.82 Å². The maximum atomic E-state index is 13.1. The number of ether oxygens (including phenoxy) is 1. The summed E-state index contributed by atoms with van der Waals surface area (Å²) in [4.78, 5) is 21.1. The first kappa shape index (κ1) is 24.3. The summed E-state index contributed by atoms with van der Waals surface area (Å²) >= 11 is 0. The Kier molecular flexibility index (Phi) is 9.14. The van der Waals surface area contributed by atoms with Gasteiger partial charge in [0.2, 0.25) is 5.91 Å². The molecule has 8 heteroatoms. The van der Waals surface area contributed by atoms with E-state index < -0.39 is 0 Å². The molecule has 1 heterocycles. The van der Waals surface area contributed by atoms with Crippen molar-refractivity contribution in [2.24, 2.45) is 10.4 Å². The van der Waals surface area contributed by atoms with Crippen molar-refractivity contribution in [1.82, 2.24) is 15.5 Å². The molecule has 2 fully saturated rings. The fraction of sp³-hybridized carbons (Fsp3) is 0.667. The van der Waals surface area contributed by atoms with Gasteiger partial charge in [-0.25, -0.2) is 4.39 Å². The third-order valence-electron chi connectivity index (χ3n) is 6.81. The largest absolute Gasteiger partial charge is 0.385 e. The second-order valence-corrected chi connectivity index (χ2v) is 8.90. The molecule has 1 aliphatic carbocycles. The fourth-order valence-corrected chi connectivity index (χ4v) is 4.76. The van der Waals surface area contributed by atoms with Crippen molar-refractivity contribution < 1.29 is 13.9 Å². The van der Waals surface area contributed by atoms with Gasteiger partial charge in [-0.05, 0) is 48.9 Å². The van der Waals surface area contributed by atoms with Crippen LogP contribution in [0.2, 0.25) is 0 Å². The third-order valence-corrected chi connectivity index (χ3v) is 6.81. The minimum absolute atomic E-state index is 0.152. The van der Waals surface area contributed by atoms with Crippen LogP contribution in [-0.2, 0) is 9.53 Å². The second kappa shape index (κ2) is 12.0. The van der Waals surface area contributed by atoms with E-state index in [9.17, 15) is 9.18 Å². The smallest absolute Gasteiger partial charge is 0.224 e. The third kappa shape index (κ3) is 6.82. The number of hydrogen-bond donors (Lipinski definition) is 2. The summed E-state index contributed by atoms with van der Waals surface area (Å²) in [5.74, 6) is 0.676. The number of guanidine groups is 1. The molecule has 1 saturated heterocycles. The Balaban J connectivity index is 1.37. The SMILES string of the molecule is CN=C(NCCC(=O)N1CCN(c2ccc(F)cc2)CC1)NCC1(CCOC)CCCC1. The van der Waals surface area contributed by atoms with Gasteiger partial charge >= 0.3 is 0 Å². The molecular formula is C24H38FN5O2. The molecule has 1 saturated carbocycles. The molecule has 0 spiro atoms. The second-order valence-electron chi connectivity index (χ2n) is 8.90. The number of nitrogens with zero attached hydrogens (tertiary/aromatic N) is 3. The van der Waals surface area contributed by atoms with Crippen LogP contribution in [0.5, 0.6) is 0 Å². The zero-order chi connectivity index (χ0) is 22.8. The number of rotatable bonds is 9. The van der Waals surface area contributed by atoms with Crippen molar-refractivity contribution in [3.8, 4) is 0 Å². The Hall–Kier alpha value is -2.35. The highest BCUT2D eigenvalue weighted by Crippen LogP contribution is 2.40. The average Bonchev–Trinajstić information content (AvgIpc) is 3.29. The molecule has 0 aromatic heterocycles. The molecule has 32 heavy (non-hydrogen) atoms. The number of anilines is 1. The van der Waals surface area contributed by atoms with E-state index in [2.05, 4.69) is 20.5 Å². The van der Waals surface area contributed by atoms with Crippen LogP contribution < -0.4 is 15.5 Å². The van der Waals surface area contributed by atoms with E-state index >= 15 is 0 Å². The predicted octanol–water partition coefficient (Wildman–Crippen LogP) is 2.63. The Labute approximate surface area is 191 Å². The maximum Gasteiger partial charge on any atom is 0.224 e. The lowest BCUT2D eigenvalue weighted by Crippen LogP contribution is -2.49. The lowest BCUT2D eigenvalue weighted by Gasteiger charge is -2.36. The van der Waals surface area contributed by atoms with Crippen molar-refractivity contribution in [3.63, 3.8) is 0 Å². The molecule has 178 valence electrons. The molecule has 2 N–H and O–H groups in total. The van der Waals surface area contributed by atoms with Gasteiger partial charge in [0.05, 0.1) is 0 Å². The molecule has 7 nitrogen and oxygen atoms in total. The van der Waals surface area contributed by atoms with Crippen LogP contribution >= 0.6 is 0 Å². The Morgan fingerprint density at radius 1 is 1.12 bits per heavy atom. The number of amides is 1. The highest BCUT2D eigenvalue weighted by Gasteiger charge is 2.33. The van der Waals surface area contributed by atoms with Crippen LogP contribution in [-0.4, -0.2) is 76.8 Å². The quantitative estimate of drug-likeness (QED) is 0.450. The summed E-state index contributed by atoms with van der Waals surface area (Å²) in [5, 5.41) is 6.76. The van der Waals surface area contributed by atoms with Gasteiger partial charge in [-0.3, -0.25) is 9.79 Å². The monoisotopic (exact) mass is 447 g/mol. The zero-order valence-corrected chi connectivity index (χ0v) is 19.5. The lowest BCUT2D eigenvalue weighted by molar-refractivity contribution is -0.131. The van der Waals surface area contributed by atoms with Gasteiger partial charge in [-0.2, -0.15) is 0 Å². The fourth-order valence-electron chi connectivity index (χ4n) is 4.76. The average molecular weight is 448 g/mol. The van der Waals surface area contributed by atoms with E-state index in [4.69, 9.17) is 4.74 Å². The topological polar surface area (TPSA) is 69.2 Å². The van der Waals surface area contributed by atoms with Crippen LogP contribution in [0.1, 0.15) is 38.5 Å². The van der Waals surface area contributed by atoms with Crippen LogP contribution in [0.25, 0.3) is 0 Å². The van der Waals surface area contributed by atoms with Crippen molar-refractivity contribution in [2.45, 2.75) is 38.5 Å². The van der Waals surface area contributed by atoms with Crippen molar-refractivity contribution in [2.75, 3.05) is 64.9 Å². The van der Waals surface area contributed by atoms with E-state index in [1.165, 1.54) is 37.8 Å². The van der Waals surface area contributed by atoms with Gasteiger partial charge in [0, 0.05) is 72.1 Å². The highest BCUT2D eigenvalue weighted by molar-refractivity contribution is 5.81. The first-order chi connectivity index (χ1) is 15.5. The minimum Gasteiger partial charge on any atom is -0.385 e. The lowest BCUT2D eigenvalue weighted by atomic mass is 9.83. The molecular weight excluding hydrogens is 409 g/mol. The number of aliphatic imine (C=N–C) groups is 1. The van der Waals surface area contributed by atoms with E-state index in [-0.39, 0.29) is 17.1 Å². The van der Waals surface area contributed by atoms with Crippen molar-refractivity contribution in [1.29, 1.82) is 0 Å². The highest BCUT2D eigenvalue weighted by atomic mass is 19.1. The molecule has 0 unspecified atom stereocenters. The maximum absolute atomic E-state index is 13.1. The van der Waals surface area contributed by atoms with Crippen LogP contribution in [0.4, 0.5) is 10.1 Å². The van der Waals surface area contributed by atoms with Gasteiger partial charge in [0.25, 0.3) is 0 Å². The Bertz CT molecular complexity index is 741. The number of methoxy groups -OCH3 is 1. The van der Waals surface area contributed by atoms with Crippen molar-refractivity contribution in [3.05, 3.63) is 30.1 Å². The molecule has 0 bridgehead atoms. The first-order valence-corrected chi connectivity index (χ1v) is 11.8. The van der Waals surface area contributed by atoms with Gasteiger partial charge in [-0.15, -0.1) is 0 Å². The van der Waals surface area contributed by atoms with E-state index in [1.54, 1.807) is 26.3 Å². The number of halogens is 1. The zero-order valence-electron chi connectivity index (χ0n) is 19.5. The van der Waals surface area contributed by atoms with Gasteiger partial charge in [0.15, 0.2) is 5.96 Å². The van der Waals surface area contributed by atoms with E-state index in [1.807, 2.05) is 4.90 Å². The summed E-state index contributed by atoms with van der Waals surface area (Å²) < 4.78 is 18.4. The van der Waals surface area contributed by atoms with Gasteiger partial charge < -0.3 is 25.2 Å². The van der Waals surface area contributed by atoms with Crippen LogP contribution in [0.3, 0.4) is 0 Å². The van der Waals surface area contributed by atoms with E-state index in [0.29, 0.717) is 26.1 Å². The summed E-state index contributed by atoms with van der Waals surface area (Å²) in [6.07, 6.45) is 6.51. The van der Waals surface area contributed by atoms with E-state index in [0.717, 1.165) is 44.3 Å². The summed E-state index contributed by atoms with van der Waals surface area (Å²) in [5.41, 5.74) is 1.29. The van der Waals surface area contributed by atoms with Gasteiger partial charge in [-0.1, -0.05) is 12.8 Å². The molecule has 1 aliphatic heterocycles. The van der Waals surface area contributed by atoms with Crippen molar-refractivity contribution >= 4 is 17.6 Å². The number of carbonyl (C=O) groups excluding carboxylic acids is 1. The molecule has 0 atom stereocenters. The Morgan fingerprint density at radius 3 is 2.44 bits per heavy atom. The number of hydrogen-bond acceptors (Lipinski definition) is 4. The summed E-state index contributed by atoms with van der Waals surface area (Å²) in [7, 11) is 3.53. The number of benzene rings is 1. The number of piperazine rings is 1. The molecule has 1 aromatic rings. The number of carbonyl (C=O) groups is 1. The minimum atomic E-state index is -0.229. The molecule has 3 rings (SSSR count). The predicted molar refractivity (Wildman–Crippen MR) is 127 cm³/mol. The molecule has 2 aliphatic rings. The summed E-state index contributed by atoms with van der Waals surface area (Å²) in [6.45, 7) is 5.12.